The summed E-state index contributed by atoms with van der Waals surface area (Å²) in [5.74, 6) is 2.31. The number of aromatic nitrogens is 1. The van der Waals surface area contributed by atoms with Crippen molar-refractivity contribution in [3.8, 4) is 11.5 Å². The first kappa shape index (κ1) is 19.1. The lowest BCUT2D eigenvalue weighted by Crippen LogP contribution is -2.38. The fourth-order valence-electron chi connectivity index (χ4n) is 2.34. The third-order valence-corrected chi connectivity index (χ3v) is 4.46. The number of thiazole rings is 1. The first-order valence-corrected chi connectivity index (χ1v) is 9.12. The molecule has 0 spiro atoms. The van der Waals surface area contributed by atoms with Crippen molar-refractivity contribution in [2.75, 3.05) is 27.3 Å². The monoisotopic (exact) mass is 362 g/mol. The van der Waals surface area contributed by atoms with Gasteiger partial charge in [-0.25, -0.2) is 9.98 Å². The van der Waals surface area contributed by atoms with Crippen LogP contribution in [0, 0.1) is 6.92 Å². The third-order valence-electron chi connectivity index (χ3n) is 3.56. The molecular formula is C18H26N4O2S. The Bertz CT molecular complexity index is 700. The first-order chi connectivity index (χ1) is 12.2. The van der Waals surface area contributed by atoms with Crippen LogP contribution in [0.5, 0.6) is 11.5 Å². The van der Waals surface area contributed by atoms with E-state index < -0.39 is 0 Å². The van der Waals surface area contributed by atoms with Crippen LogP contribution in [0.2, 0.25) is 0 Å². The summed E-state index contributed by atoms with van der Waals surface area (Å²) in [6, 6.07) is 5.98. The average Bonchev–Trinajstić information content (AvgIpc) is 3.04. The van der Waals surface area contributed by atoms with Crippen molar-refractivity contribution in [1.29, 1.82) is 0 Å². The summed E-state index contributed by atoms with van der Waals surface area (Å²) in [6.07, 6.45) is 2.75. The van der Waals surface area contributed by atoms with Crippen molar-refractivity contribution >= 4 is 17.3 Å². The lowest BCUT2D eigenvalue weighted by atomic mass is 10.1. The van der Waals surface area contributed by atoms with Gasteiger partial charge in [-0.15, -0.1) is 11.3 Å². The predicted molar refractivity (Wildman–Crippen MR) is 103 cm³/mol. The van der Waals surface area contributed by atoms with Crippen LogP contribution in [0.15, 0.2) is 29.4 Å². The minimum Gasteiger partial charge on any atom is -0.493 e. The summed E-state index contributed by atoms with van der Waals surface area (Å²) < 4.78 is 10.6. The Morgan fingerprint density at radius 3 is 2.64 bits per heavy atom. The fraction of sp³-hybridized carbons (Fsp3) is 0.444. The molecular weight excluding hydrogens is 336 g/mol. The van der Waals surface area contributed by atoms with E-state index in [1.54, 1.807) is 25.6 Å². The van der Waals surface area contributed by atoms with Crippen LogP contribution in [-0.4, -0.2) is 38.3 Å². The van der Waals surface area contributed by atoms with E-state index in [1.807, 2.05) is 31.3 Å². The number of rotatable bonds is 8. The molecule has 0 unspecified atom stereocenters. The zero-order valence-electron chi connectivity index (χ0n) is 15.3. The number of benzene rings is 1. The molecule has 0 aliphatic rings. The summed E-state index contributed by atoms with van der Waals surface area (Å²) in [6.45, 7) is 6.30. The molecule has 0 amide bonds. The average molecular weight is 362 g/mol. The number of aryl methyl sites for hydroxylation is 1. The van der Waals surface area contributed by atoms with Gasteiger partial charge >= 0.3 is 0 Å². The fourth-order valence-corrected chi connectivity index (χ4v) is 3.06. The van der Waals surface area contributed by atoms with Gasteiger partial charge in [-0.2, -0.15) is 0 Å². The standard InChI is InChI=1S/C18H26N4O2S/c1-5-19-18(22-12-15-11-21-13(2)25-15)20-9-8-14-6-7-16(23-3)17(10-14)24-4/h6-7,10-11H,5,8-9,12H2,1-4H3,(H2,19,20,22). The normalized spacial score (nSPS) is 11.3. The maximum Gasteiger partial charge on any atom is 0.191 e. The van der Waals surface area contributed by atoms with E-state index in [0.29, 0.717) is 6.54 Å². The highest BCUT2D eigenvalue weighted by Gasteiger charge is 2.05. The molecule has 6 nitrogen and oxygen atoms in total. The van der Waals surface area contributed by atoms with Gasteiger partial charge in [0.2, 0.25) is 0 Å². The van der Waals surface area contributed by atoms with Gasteiger partial charge < -0.3 is 20.1 Å². The number of hydrogen-bond donors (Lipinski definition) is 2. The predicted octanol–water partition coefficient (Wildman–Crippen LogP) is 2.77. The maximum atomic E-state index is 5.35. The van der Waals surface area contributed by atoms with Crippen molar-refractivity contribution in [3.05, 3.63) is 39.8 Å². The molecule has 7 heteroatoms. The first-order valence-electron chi connectivity index (χ1n) is 8.30. The Kier molecular flexibility index (Phi) is 7.53. The molecule has 0 fully saturated rings. The molecule has 0 aliphatic carbocycles. The van der Waals surface area contributed by atoms with Crippen molar-refractivity contribution in [3.63, 3.8) is 0 Å². The van der Waals surface area contributed by atoms with Crippen LogP contribution in [0.4, 0.5) is 0 Å². The largest absolute Gasteiger partial charge is 0.493 e. The Hall–Kier alpha value is -2.28. The number of nitrogens with one attached hydrogen (secondary N) is 2. The molecule has 25 heavy (non-hydrogen) atoms. The Morgan fingerprint density at radius 2 is 2.00 bits per heavy atom. The van der Waals surface area contributed by atoms with Gasteiger partial charge in [0, 0.05) is 24.2 Å². The van der Waals surface area contributed by atoms with Gasteiger partial charge in [-0.3, -0.25) is 0 Å². The van der Waals surface area contributed by atoms with Crippen LogP contribution in [-0.2, 0) is 13.0 Å². The number of aliphatic imine (C=N–C) groups is 1. The van der Waals surface area contributed by atoms with Crippen LogP contribution >= 0.6 is 11.3 Å². The van der Waals surface area contributed by atoms with Gasteiger partial charge in [0.05, 0.1) is 25.8 Å². The lowest BCUT2D eigenvalue weighted by Gasteiger charge is -2.12. The summed E-state index contributed by atoms with van der Waals surface area (Å²) >= 11 is 1.68. The molecule has 1 heterocycles. The highest BCUT2D eigenvalue weighted by Crippen LogP contribution is 2.27. The Balaban J connectivity index is 1.90. The second kappa shape index (κ2) is 9.88. The van der Waals surface area contributed by atoms with Crippen LogP contribution < -0.4 is 20.1 Å². The van der Waals surface area contributed by atoms with E-state index in [-0.39, 0.29) is 0 Å². The van der Waals surface area contributed by atoms with Gasteiger partial charge in [-0.05, 0) is 38.0 Å². The van der Waals surface area contributed by atoms with Crippen LogP contribution in [0.25, 0.3) is 0 Å². The van der Waals surface area contributed by atoms with E-state index in [9.17, 15) is 0 Å². The second-order valence-electron chi connectivity index (χ2n) is 5.41. The van der Waals surface area contributed by atoms with Crippen LogP contribution in [0.3, 0.4) is 0 Å². The van der Waals surface area contributed by atoms with E-state index in [2.05, 4.69) is 27.5 Å². The van der Waals surface area contributed by atoms with E-state index in [4.69, 9.17) is 9.47 Å². The summed E-state index contributed by atoms with van der Waals surface area (Å²) in [7, 11) is 3.29. The van der Waals surface area contributed by atoms with E-state index in [0.717, 1.165) is 46.9 Å². The molecule has 2 rings (SSSR count). The van der Waals surface area contributed by atoms with E-state index >= 15 is 0 Å². The number of nitrogens with zero attached hydrogens (tertiary/aromatic N) is 2. The highest BCUT2D eigenvalue weighted by atomic mass is 32.1. The zero-order valence-corrected chi connectivity index (χ0v) is 16.1. The smallest absolute Gasteiger partial charge is 0.191 e. The number of guanidine groups is 1. The molecule has 0 radical (unpaired) electrons. The van der Waals surface area contributed by atoms with Gasteiger partial charge in [0.15, 0.2) is 17.5 Å². The zero-order chi connectivity index (χ0) is 18.1. The molecule has 2 aromatic rings. The minimum absolute atomic E-state index is 0.636. The van der Waals surface area contributed by atoms with E-state index in [1.165, 1.54) is 5.56 Å². The number of ether oxygens (including phenoxy) is 2. The van der Waals surface area contributed by atoms with Gasteiger partial charge in [0.1, 0.15) is 0 Å². The second-order valence-corrected chi connectivity index (χ2v) is 6.73. The molecule has 0 saturated heterocycles. The summed E-state index contributed by atoms with van der Waals surface area (Å²) in [5, 5.41) is 7.69. The molecule has 136 valence electrons. The topological polar surface area (TPSA) is 67.8 Å². The van der Waals surface area contributed by atoms with Gasteiger partial charge in [0.25, 0.3) is 0 Å². The highest BCUT2D eigenvalue weighted by molar-refractivity contribution is 7.11. The number of hydrogen-bond acceptors (Lipinski definition) is 5. The molecule has 0 saturated carbocycles. The Labute approximate surface area is 153 Å². The Morgan fingerprint density at radius 1 is 1.20 bits per heavy atom. The molecule has 1 aromatic carbocycles. The summed E-state index contributed by atoms with van der Waals surface area (Å²) in [4.78, 5) is 10.0. The third kappa shape index (κ3) is 5.94. The molecule has 2 N–H and O–H groups in total. The van der Waals surface area contributed by atoms with Crippen LogP contribution in [0.1, 0.15) is 22.4 Å². The molecule has 0 bridgehead atoms. The quantitative estimate of drug-likeness (QED) is 0.558. The van der Waals surface area contributed by atoms with Crippen molar-refractivity contribution in [2.45, 2.75) is 26.8 Å². The maximum absolute atomic E-state index is 5.35. The summed E-state index contributed by atoms with van der Waals surface area (Å²) in [5.41, 5.74) is 1.18. The van der Waals surface area contributed by atoms with Crippen molar-refractivity contribution < 1.29 is 9.47 Å². The van der Waals surface area contributed by atoms with Gasteiger partial charge in [-0.1, -0.05) is 6.07 Å². The van der Waals surface area contributed by atoms with Crippen molar-refractivity contribution in [1.82, 2.24) is 15.6 Å². The lowest BCUT2D eigenvalue weighted by molar-refractivity contribution is 0.354. The number of methoxy groups -OCH3 is 2. The van der Waals surface area contributed by atoms with Crippen molar-refractivity contribution in [2.24, 2.45) is 4.99 Å². The molecule has 1 aromatic heterocycles. The minimum atomic E-state index is 0.636. The molecule has 0 aliphatic heterocycles. The molecule has 0 atom stereocenters. The SMILES string of the molecule is CCNC(=NCc1cnc(C)s1)NCCc1ccc(OC)c(OC)c1.